The molecule has 1 rings (SSSR count). The molecule has 0 saturated heterocycles. The fourth-order valence-electron chi connectivity index (χ4n) is 1.75. The molecule has 4 heteroatoms. The number of hydrogen-bond donors (Lipinski definition) is 1. The van der Waals surface area contributed by atoms with Gasteiger partial charge in [-0.1, -0.05) is 6.42 Å². The van der Waals surface area contributed by atoms with Gasteiger partial charge >= 0.3 is 6.18 Å². The number of halogens is 3. The van der Waals surface area contributed by atoms with Crippen molar-refractivity contribution in [1.29, 1.82) is 0 Å². The zero-order chi connectivity index (χ0) is 9.19. The smallest absolute Gasteiger partial charge is 0.317 e. The van der Waals surface area contributed by atoms with Crippen LogP contribution < -0.4 is 5.32 Å². The molecule has 72 valence electrons. The summed E-state index contributed by atoms with van der Waals surface area (Å²) in [4.78, 5) is 0. The molecule has 2 atom stereocenters. The molecule has 1 aliphatic rings. The van der Waals surface area contributed by atoms with Gasteiger partial charge in [0.2, 0.25) is 0 Å². The lowest BCUT2D eigenvalue weighted by Crippen LogP contribution is -2.36. The molecule has 0 spiro atoms. The second-order valence-electron chi connectivity index (χ2n) is 3.39. The standard InChI is InChI=1S/C8H14F3N/c1-12-7-4-2-3-6(5-7)8(9,10)11/h6-7,12H,2-5H2,1H3/t6-,7+/m1/s1. The summed E-state index contributed by atoms with van der Waals surface area (Å²) >= 11 is 0. The Hall–Kier alpha value is -0.250. The van der Waals surface area contributed by atoms with Gasteiger partial charge in [0, 0.05) is 6.04 Å². The summed E-state index contributed by atoms with van der Waals surface area (Å²) in [5, 5.41) is 2.91. The van der Waals surface area contributed by atoms with E-state index >= 15 is 0 Å². The molecule has 0 bridgehead atoms. The minimum absolute atomic E-state index is 0.0605. The molecule has 12 heavy (non-hydrogen) atoms. The summed E-state index contributed by atoms with van der Waals surface area (Å²) < 4.78 is 36.7. The zero-order valence-corrected chi connectivity index (χ0v) is 7.12. The first-order chi connectivity index (χ1) is 5.54. The van der Waals surface area contributed by atoms with Gasteiger partial charge in [-0.3, -0.25) is 0 Å². The van der Waals surface area contributed by atoms with E-state index in [1.807, 2.05) is 0 Å². The van der Waals surface area contributed by atoms with E-state index in [9.17, 15) is 13.2 Å². The van der Waals surface area contributed by atoms with Crippen LogP contribution in [0.1, 0.15) is 25.7 Å². The molecule has 0 aromatic rings. The highest BCUT2D eigenvalue weighted by atomic mass is 19.4. The largest absolute Gasteiger partial charge is 0.391 e. The van der Waals surface area contributed by atoms with Crippen LogP contribution in [0.25, 0.3) is 0 Å². The summed E-state index contributed by atoms with van der Waals surface area (Å²) in [6.07, 6.45) is -1.87. The van der Waals surface area contributed by atoms with Crippen molar-refractivity contribution in [3.8, 4) is 0 Å². The first kappa shape index (κ1) is 9.84. The predicted octanol–water partition coefficient (Wildman–Crippen LogP) is 2.33. The van der Waals surface area contributed by atoms with E-state index in [1.165, 1.54) is 0 Å². The molecule has 1 saturated carbocycles. The van der Waals surface area contributed by atoms with E-state index in [-0.39, 0.29) is 12.5 Å². The van der Waals surface area contributed by atoms with Crippen LogP contribution in [0.5, 0.6) is 0 Å². The molecular weight excluding hydrogens is 167 g/mol. The second kappa shape index (κ2) is 3.64. The average Bonchev–Trinajstić information content (AvgIpc) is 2.03. The van der Waals surface area contributed by atoms with Gasteiger partial charge < -0.3 is 5.32 Å². The predicted molar refractivity (Wildman–Crippen MR) is 40.9 cm³/mol. The quantitative estimate of drug-likeness (QED) is 0.654. The fourth-order valence-corrected chi connectivity index (χ4v) is 1.75. The monoisotopic (exact) mass is 181 g/mol. The Kier molecular flexibility index (Phi) is 2.99. The van der Waals surface area contributed by atoms with E-state index in [0.717, 1.165) is 6.42 Å². The normalized spacial score (nSPS) is 32.0. The zero-order valence-electron chi connectivity index (χ0n) is 7.12. The Morgan fingerprint density at radius 3 is 2.42 bits per heavy atom. The van der Waals surface area contributed by atoms with Crippen LogP contribution in [0.3, 0.4) is 0 Å². The van der Waals surface area contributed by atoms with Gasteiger partial charge in [0.25, 0.3) is 0 Å². The van der Waals surface area contributed by atoms with Crippen LogP contribution in [-0.4, -0.2) is 19.3 Å². The Bertz CT molecular complexity index is 144. The Balaban J connectivity index is 2.46. The van der Waals surface area contributed by atoms with Crippen LogP contribution in [0.15, 0.2) is 0 Å². The van der Waals surface area contributed by atoms with Crippen molar-refractivity contribution in [2.45, 2.75) is 37.9 Å². The maximum Gasteiger partial charge on any atom is 0.391 e. The number of alkyl halides is 3. The van der Waals surface area contributed by atoms with Crippen LogP contribution in [-0.2, 0) is 0 Å². The summed E-state index contributed by atoms with van der Waals surface area (Å²) in [6.45, 7) is 0. The average molecular weight is 181 g/mol. The van der Waals surface area contributed by atoms with Gasteiger partial charge in [0.1, 0.15) is 0 Å². The minimum Gasteiger partial charge on any atom is -0.317 e. The van der Waals surface area contributed by atoms with Crippen molar-refractivity contribution in [3.05, 3.63) is 0 Å². The fraction of sp³-hybridized carbons (Fsp3) is 1.00. The molecule has 1 N–H and O–H groups in total. The third-order valence-electron chi connectivity index (χ3n) is 2.55. The lowest BCUT2D eigenvalue weighted by Gasteiger charge is -2.30. The van der Waals surface area contributed by atoms with Crippen molar-refractivity contribution in [1.82, 2.24) is 5.32 Å². The van der Waals surface area contributed by atoms with Gasteiger partial charge in [-0.2, -0.15) is 13.2 Å². The Morgan fingerprint density at radius 1 is 1.25 bits per heavy atom. The first-order valence-electron chi connectivity index (χ1n) is 4.28. The summed E-state index contributed by atoms with van der Waals surface area (Å²) in [7, 11) is 1.73. The van der Waals surface area contributed by atoms with Gasteiger partial charge in [0.05, 0.1) is 5.92 Å². The lowest BCUT2D eigenvalue weighted by atomic mass is 9.85. The molecule has 1 aliphatic carbocycles. The molecule has 0 amide bonds. The molecule has 0 heterocycles. The van der Waals surface area contributed by atoms with Crippen LogP contribution >= 0.6 is 0 Å². The molecule has 1 nitrogen and oxygen atoms in total. The van der Waals surface area contributed by atoms with E-state index in [2.05, 4.69) is 5.32 Å². The SMILES string of the molecule is CN[C@H]1CCC[C@@H](C(F)(F)F)C1. The second-order valence-corrected chi connectivity index (χ2v) is 3.39. The van der Waals surface area contributed by atoms with Gasteiger partial charge in [-0.15, -0.1) is 0 Å². The summed E-state index contributed by atoms with van der Waals surface area (Å²) in [5.74, 6) is -1.08. The molecular formula is C8H14F3N. The minimum atomic E-state index is -3.99. The van der Waals surface area contributed by atoms with Crippen molar-refractivity contribution in [2.24, 2.45) is 5.92 Å². The molecule has 0 radical (unpaired) electrons. The van der Waals surface area contributed by atoms with E-state index < -0.39 is 12.1 Å². The Labute approximate surface area is 70.3 Å². The maximum atomic E-state index is 12.2. The highest BCUT2D eigenvalue weighted by Gasteiger charge is 2.41. The lowest BCUT2D eigenvalue weighted by molar-refractivity contribution is -0.183. The third kappa shape index (κ3) is 2.37. The van der Waals surface area contributed by atoms with Gasteiger partial charge in [-0.25, -0.2) is 0 Å². The van der Waals surface area contributed by atoms with Crippen molar-refractivity contribution >= 4 is 0 Å². The van der Waals surface area contributed by atoms with E-state index in [1.54, 1.807) is 7.05 Å². The Morgan fingerprint density at radius 2 is 1.92 bits per heavy atom. The molecule has 0 aromatic heterocycles. The van der Waals surface area contributed by atoms with Crippen molar-refractivity contribution < 1.29 is 13.2 Å². The topological polar surface area (TPSA) is 12.0 Å². The molecule has 0 aromatic carbocycles. The third-order valence-corrected chi connectivity index (χ3v) is 2.55. The van der Waals surface area contributed by atoms with Crippen LogP contribution in [0.2, 0.25) is 0 Å². The first-order valence-corrected chi connectivity index (χ1v) is 4.28. The number of nitrogens with one attached hydrogen (secondary N) is 1. The molecule has 0 unspecified atom stereocenters. The van der Waals surface area contributed by atoms with Crippen LogP contribution in [0, 0.1) is 5.92 Å². The van der Waals surface area contributed by atoms with Crippen molar-refractivity contribution in [2.75, 3.05) is 7.05 Å². The van der Waals surface area contributed by atoms with Crippen molar-refractivity contribution in [3.63, 3.8) is 0 Å². The number of hydrogen-bond acceptors (Lipinski definition) is 1. The van der Waals surface area contributed by atoms with Gasteiger partial charge in [-0.05, 0) is 26.3 Å². The number of rotatable bonds is 1. The summed E-state index contributed by atoms with van der Waals surface area (Å²) in [5.41, 5.74) is 0. The molecule has 1 fully saturated rings. The molecule has 0 aliphatic heterocycles. The van der Waals surface area contributed by atoms with Crippen LogP contribution in [0.4, 0.5) is 13.2 Å². The van der Waals surface area contributed by atoms with Gasteiger partial charge in [0.15, 0.2) is 0 Å². The highest BCUT2D eigenvalue weighted by molar-refractivity contribution is 4.80. The summed E-state index contributed by atoms with van der Waals surface area (Å²) in [6, 6.07) is 0.0605. The maximum absolute atomic E-state index is 12.2. The highest BCUT2D eigenvalue weighted by Crippen LogP contribution is 2.37. The van der Waals surface area contributed by atoms with E-state index in [4.69, 9.17) is 0 Å². The van der Waals surface area contributed by atoms with E-state index in [0.29, 0.717) is 12.8 Å².